The van der Waals surface area contributed by atoms with Crippen LogP contribution in [0.5, 0.6) is 0 Å². The normalized spacial score (nSPS) is 13.0. The van der Waals surface area contributed by atoms with E-state index in [-0.39, 0.29) is 12.5 Å². The number of carbonyl (C=O) groups is 2. The third-order valence-corrected chi connectivity index (χ3v) is 5.99. The van der Waals surface area contributed by atoms with Gasteiger partial charge >= 0.3 is 6.09 Å². The van der Waals surface area contributed by atoms with Crippen LogP contribution in [0.15, 0.2) is 72.8 Å². The predicted octanol–water partition coefficient (Wildman–Crippen LogP) is 4.80. The lowest BCUT2D eigenvalue weighted by Crippen LogP contribution is -2.44. The summed E-state index contributed by atoms with van der Waals surface area (Å²) in [6.07, 6.45) is 1.09. The zero-order chi connectivity index (χ0) is 23.9. The van der Waals surface area contributed by atoms with Gasteiger partial charge in [-0.2, -0.15) is 0 Å². The van der Waals surface area contributed by atoms with Gasteiger partial charge < -0.3 is 21.1 Å². The van der Waals surface area contributed by atoms with Crippen LogP contribution in [0.1, 0.15) is 36.3 Å². The van der Waals surface area contributed by atoms with Gasteiger partial charge in [-0.1, -0.05) is 54.6 Å². The van der Waals surface area contributed by atoms with E-state index in [1.54, 1.807) is 6.07 Å². The largest absolute Gasteiger partial charge is 0.449 e. The molecule has 4 rings (SSSR count). The van der Waals surface area contributed by atoms with Crippen LogP contribution in [-0.4, -0.2) is 31.2 Å². The van der Waals surface area contributed by atoms with Crippen molar-refractivity contribution < 1.29 is 18.7 Å². The lowest BCUT2D eigenvalue weighted by atomic mass is 9.98. The number of unbranched alkanes of at least 4 members (excludes halogenated alkanes) is 1. The molecule has 34 heavy (non-hydrogen) atoms. The Labute approximate surface area is 198 Å². The van der Waals surface area contributed by atoms with Gasteiger partial charge in [0.1, 0.15) is 18.5 Å². The van der Waals surface area contributed by atoms with E-state index in [1.165, 1.54) is 18.2 Å². The molecule has 3 aromatic carbocycles. The fourth-order valence-corrected chi connectivity index (χ4v) is 4.34. The first-order valence-electron chi connectivity index (χ1n) is 11.4. The van der Waals surface area contributed by atoms with E-state index in [4.69, 9.17) is 10.5 Å². The molecule has 1 atom stereocenters. The molecule has 0 unspecified atom stereocenters. The number of amides is 2. The Bertz CT molecular complexity index is 1120. The Hall–Kier alpha value is -3.71. The van der Waals surface area contributed by atoms with E-state index in [0.29, 0.717) is 25.1 Å². The van der Waals surface area contributed by atoms with Gasteiger partial charge in [-0.3, -0.25) is 4.79 Å². The number of fused-ring (bicyclic) bond motifs is 3. The van der Waals surface area contributed by atoms with Crippen molar-refractivity contribution in [3.63, 3.8) is 0 Å². The zero-order valence-electron chi connectivity index (χ0n) is 18.8. The number of rotatable bonds is 9. The van der Waals surface area contributed by atoms with Gasteiger partial charge in [0, 0.05) is 11.6 Å². The van der Waals surface area contributed by atoms with Crippen LogP contribution in [0.2, 0.25) is 0 Å². The highest BCUT2D eigenvalue weighted by atomic mass is 19.1. The maximum absolute atomic E-state index is 13.5. The second-order valence-electron chi connectivity index (χ2n) is 8.31. The molecular weight excluding hydrogens is 433 g/mol. The average Bonchev–Trinajstić information content (AvgIpc) is 3.16. The van der Waals surface area contributed by atoms with Gasteiger partial charge in [-0.15, -0.1) is 0 Å². The van der Waals surface area contributed by atoms with E-state index < -0.39 is 23.9 Å². The molecule has 0 aromatic heterocycles. The fourth-order valence-electron chi connectivity index (χ4n) is 4.34. The monoisotopic (exact) mass is 461 g/mol. The van der Waals surface area contributed by atoms with Gasteiger partial charge in [0.15, 0.2) is 0 Å². The van der Waals surface area contributed by atoms with Crippen molar-refractivity contribution in [3.05, 3.63) is 89.7 Å². The number of hydrogen-bond acceptors (Lipinski definition) is 4. The molecule has 1 aliphatic rings. The number of benzene rings is 3. The molecule has 0 saturated carbocycles. The number of nitrogens with one attached hydrogen (secondary N) is 2. The summed E-state index contributed by atoms with van der Waals surface area (Å²) in [5, 5.41) is 5.33. The van der Waals surface area contributed by atoms with Crippen molar-refractivity contribution in [2.75, 3.05) is 18.5 Å². The number of alkyl carbamates (subject to hydrolysis) is 1. The number of nitrogens with two attached hydrogens (primary N) is 1. The second-order valence-corrected chi connectivity index (χ2v) is 8.31. The van der Waals surface area contributed by atoms with Crippen molar-refractivity contribution in [2.24, 2.45) is 5.73 Å². The number of carbonyl (C=O) groups excluding carboxylic acids is 2. The molecule has 6 nitrogen and oxygen atoms in total. The summed E-state index contributed by atoms with van der Waals surface area (Å²) in [4.78, 5) is 25.5. The molecule has 0 fully saturated rings. The molecule has 4 N–H and O–H groups in total. The van der Waals surface area contributed by atoms with E-state index in [1.807, 2.05) is 36.4 Å². The van der Waals surface area contributed by atoms with E-state index in [9.17, 15) is 14.0 Å². The lowest BCUT2D eigenvalue weighted by molar-refractivity contribution is -0.118. The Morgan fingerprint density at radius 1 is 0.941 bits per heavy atom. The molecule has 0 spiro atoms. The van der Waals surface area contributed by atoms with E-state index >= 15 is 0 Å². The highest BCUT2D eigenvalue weighted by molar-refractivity contribution is 5.96. The lowest BCUT2D eigenvalue weighted by Gasteiger charge is -2.20. The van der Waals surface area contributed by atoms with Crippen molar-refractivity contribution in [1.82, 2.24) is 5.32 Å². The first-order chi connectivity index (χ1) is 16.6. The van der Waals surface area contributed by atoms with E-state index in [0.717, 1.165) is 28.7 Å². The van der Waals surface area contributed by atoms with Crippen LogP contribution in [0.4, 0.5) is 14.9 Å². The standard InChI is InChI=1S/C27H28FN3O3/c28-18-8-7-9-19(16-18)30-26(32)25(14-5-6-15-29)31-27(33)34-17-24-22-12-3-1-10-20(22)21-11-2-4-13-23(21)24/h1-4,7-13,16,24-25H,5-6,14-15,17,29H2,(H,30,32)(H,31,33)/t25-/m0/s1. The fraction of sp³-hybridized carbons (Fsp3) is 0.259. The van der Waals surface area contributed by atoms with Gasteiger partial charge in [0.2, 0.25) is 5.91 Å². The molecule has 7 heteroatoms. The summed E-state index contributed by atoms with van der Waals surface area (Å²) in [5.74, 6) is -0.965. The summed E-state index contributed by atoms with van der Waals surface area (Å²) >= 11 is 0. The smallest absolute Gasteiger partial charge is 0.407 e. The van der Waals surface area contributed by atoms with Crippen LogP contribution in [-0.2, 0) is 9.53 Å². The SMILES string of the molecule is NCCCC[C@H](NC(=O)OCC1c2ccccc2-c2ccccc21)C(=O)Nc1cccc(F)c1. The Morgan fingerprint density at radius 3 is 2.26 bits per heavy atom. The quantitative estimate of drug-likeness (QED) is 0.399. The highest BCUT2D eigenvalue weighted by Gasteiger charge is 2.29. The van der Waals surface area contributed by atoms with Crippen molar-refractivity contribution in [3.8, 4) is 11.1 Å². The van der Waals surface area contributed by atoms with Crippen LogP contribution in [0, 0.1) is 5.82 Å². The molecule has 176 valence electrons. The second kappa shape index (κ2) is 10.9. The Morgan fingerprint density at radius 2 is 1.62 bits per heavy atom. The van der Waals surface area contributed by atoms with Gasteiger partial charge in [-0.05, 0) is 66.3 Å². The molecule has 0 saturated heterocycles. The van der Waals surface area contributed by atoms with Gasteiger partial charge in [0.25, 0.3) is 0 Å². The number of anilines is 1. The minimum Gasteiger partial charge on any atom is -0.449 e. The number of ether oxygens (including phenoxy) is 1. The first-order valence-corrected chi connectivity index (χ1v) is 11.4. The van der Waals surface area contributed by atoms with E-state index in [2.05, 4.69) is 22.8 Å². The average molecular weight is 462 g/mol. The molecule has 3 aromatic rings. The maximum Gasteiger partial charge on any atom is 0.407 e. The molecule has 1 aliphatic carbocycles. The number of halogens is 1. The summed E-state index contributed by atoms with van der Waals surface area (Å²) in [7, 11) is 0. The molecule has 0 aliphatic heterocycles. The predicted molar refractivity (Wildman–Crippen MR) is 130 cm³/mol. The van der Waals surface area contributed by atoms with Gasteiger partial charge in [0.05, 0.1) is 0 Å². The van der Waals surface area contributed by atoms with Crippen molar-refractivity contribution >= 4 is 17.7 Å². The van der Waals surface area contributed by atoms with Crippen LogP contribution in [0.3, 0.4) is 0 Å². The summed E-state index contributed by atoms with van der Waals surface area (Å²) < 4.78 is 19.1. The third kappa shape index (κ3) is 5.43. The molecule has 2 amide bonds. The Kier molecular flexibility index (Phi) is 7.54. The summed E-state index contributed by atoms with van der Waals surface area (Å²) in [6, 6.07) is 21.0. The first kappa shape index (κ1) is 23.4. The van der Waals surface area contributed by atoms with Crippen LogP contribution >= 0.6 is 0 Å². The third-order valence-electron chi connectivity index (χ3n) is 5.99. The minimum atomic E-state index is -0.828. The molecule has 0 heterocycles. The summed E-state index contributed by atoms with van der Waals surface area (Å²) in [5.41, 5.74) is 10.4. The molecule has 0 radical (unpaired) electrons. The molecular formula is C27H28FN3O3. The maximum atomic E-state index is 13.5. The number of hydrogen-bond donors (Lipinski definition) is 3. The Balaban J connectivity index is 1.41. The van der Waals surface area contributed by atoms with Crippen LogP contribution < -0.4 is 16.4 Å². The van der Waals surface area contributed by atoms with Gasteiger partial charge in [-0.25, -0.2) is 9.18 Å². The zero-order valence-corrected chi connectivity index (χ0v) is 18.8. The molecule has 0 bridgehead atoms. The summed E-state index contributed by atoms with van der Waals surface area (Å²) in [6.45, 7) is 0.643. The topological polar surface area (TPSA) is 93.4 Å². The van der Waals surface area contributed by atoms with Crippen molar-refractivity contribution in [1.29, 1.82) is 0 Å². The van der Waals surface area contributed by atoms with Crippen LogP contribution in [0.25, 0.3) is 11.1 Å². The van der Waals surface area contributed by atoms with Crippen molar-refractivity contribution in [2.45, 2.75) is 31.2 Å². The highest BCUT2D eigenvalue weighted by Crippen LogP contribution is 2.44. The minimum absolute atomic E-state index is 0.0741.